The normalized spacial score (nSPS) is 11.3. The highest BCUT2D eigenvalue weighted by Crippen LogP contribution is 2.35. The first kappa shape index (κ1) is 17.2. The summed E-state index contributed by atoms with van der Waals surface area (Å²) < 4.78 is 7.45. The molecule has 144 valence electrons. The van der Waals surface area contributed by atoms with Crippen molar-refractivity contribution >= 4 is 33.6 Å². The number of benzene rings is 1. The van der Waals surface area contributed by atoms with Crippen molar-refractivity contribution in [1.29, 1.82) is 0 Å². The second kappa shape index (κ2) is 6.59. The maximum absolute atomic E-state index is 5.59. The molecule has 0 radical (unpaired) electrons. The van der Waals surface area contributed by atoms with E-state index in [1.54, 1.807) is 19.5 Å². The first-order chi connectivity index (χ1) is 14.2. The van der Waals surface area contributed by atoms with Gasteiger partial charge in [-0.3, -0.25) is 9.67 Å². The van der Waals surface area contributed by atoms with Crippen LogP contribution in [0.5, 0.6) is 5.88 Å². The number of methoxy groups -OCH3 is 1. The van der Waals surface area contributed by atoms with Crippen molar-refractivity contribution in [2.45, 2.75) is 6.92 Å². The number of pyridine rings is 1. The molecule has 0 saturated carbocycles. The highest BCUT2D eigenvalue weighted by atomic mass is 16.5. The molecule has 0 spiro atoms. The summed E-state index contributed by atoms with van der Waals surface area (Å²) in [6.45, 7) is 2.05. The van der Waals surface area contributed by atoms with E-state index in [1.807, 2.05) is 48.4 Å². The Hall–Kier alpha value is -3.94. The van der Waals surface area contributed by atoms with Crippen LogP contribution in [0.1, 0.15) is 5.56 Å². The van der Waals surface area contributed by atoms with Crippen molar-refractivity contribution in [2.75, 3.05) is 12.4 Å². The Morgan fingerprint density at radius 2 is 1.93 bits per heavy atom. The highest BCUT2D eigenvalue weighted by molar-refractivity contribution is 5.98. The number of hydrogen-bond donors (Lipinski definition) is 2. The average Bonchev–Trinajstić information content (AvgIpc) is 3.34. The number of aryl methyl sites for hydroxylation is 2. The van der Waals surface area contributed by atoms with E-state index < -0.39 is 0 Å². The van der Waals surface area contributed by atoms with Crippen LogP contribution < -0.4 is 10.1 Å². The number of rotatable bonds is 4. The molecule has 0 unspecified atom stereocenters. The van der Waals surface area contributed by atoms with Gasteiger partial charge in [-0.1, -0.05) is 0 Å². The fraction of sp³-hybridized carbons (Fsp3) is 0.143. The lowest BCUT2D eigenvalue weighted by Gasteiger charge is -2.11. The number of hydrogen-bond acceptors (Lipinski definition) is 6. The van der Waals surface area contributed by atoms with Crippen LogP contribution in [-0.2, 0) is 7.05 Å². The first-order valence-electron chi connectivity index (χ1n) is 9.17. The van der Waals surface area contributed by atoms with Gasteiger partial charge in [0, 0.05) is 42.3 Å². The summed E-state index contributed by atoms with van der Waals surface area (Å²) in [5.41, 5.74) is 5.78. The van der Waals surface area contributed by atoms with E-state index >= 15 is 0 Å². The van der Waals surface area contributed by atoms with Crippen LogP contribution in [-0.4, -0.2) is 36.8 Å². The molecule has 2 N–H and O–H groups in total. The summed E-state index contributed by atoms with van der Waals surface area (Å²) in [4.78, 5) is 16.6. The van der Waals surface area contributed by atoms with E-state index in [4.69, 9.17) is 4.74 Å². The van der Waals surface area contributed by atoms with Crippen molar-refractivity contribution in [3.63, 3.8) is 0 Å². The van der Waals surface area contributed by atoms with Gasteiger partial charge in [-0.2, -0.15) is 15.1 Å². The van der Waals surface area contributed by atoms with Crippen LogP contribution in [0.15, 0.2) is 49.1 Å². The van der Waals surface area contributed by atoms with Crippen LogP contribution in [0, 0.1) is 6.92 Å². The van der Waals surface area contributed by atoms with Crippen LogP contribution in [0.3, 0.4) is 0 Å². The maximum atomic E-state index is 5.59. The van der Waals surface area contributed by atoms with E-state index in [1.165, 1.54) is 0 Å². The van der Waals surface area contributed by atoms with E-state index in [-0.39, 0.29) is 0 Å². The molecular formula is C21H19N7O. The molecule has 0 aliphatic carbocycles. The largest absolute Gasteiger partial charge is 0.480 e. The molecule has 5 aromatic rings. The monoisotopic (exact) mass is 385 g/mol. The second-order valence-corrected chi connectivity index (χ2v) is 6.78. The summed E-state index contributed by atoms with van der Waals surface area (Å²) in [6.07, 6.45) is 7.30. The molecular weight excluding hydrogens is 366 g/mol. The number of nitrogens with one attached hydrogen (secondary N) is 2. The molecule has 8 heteroatoms. The zero-order chi connectivity index (χ0) is 20.0. The Kier molecular flexibility index (Phi) is 3.90. The molecule has 29 heavy (non-hydrogen) atoms. The molecule has 0 aliphatic heterocycles. The van der Waals surface area contributed by atoms with Gasteiger partial charge in [0.2, 0.25) is 11.8 Å². The zero-order valence-electron chi connectivity index (χ0n) is 16.3. The standard InChI is InChI=1S/C21H19N7O/c1-12-14-11-24-28(2)17(14)5-4-16(12)25-21-26-19-18(20(27-21)29-3)15(10-23-19)13-6-8-22-9-7-13/h4-11H,1-3H3,(H2,23,25,26,27). The number of aromatic amines is 1. The van der Waals surface area contributed by atoms with Gasteiger partial charge < -0.3 is 15.0 Å². The third-order valence-corrected chi connectivity index (χ3v) is 5.13. The van der Waals surface area contributed by atoms with E-state index in [2.05, 4.69) is 37.3 Å². The Labute approximate surface area is 166 Å². The molecule has 4 aromatic heterocycles. The van der Waals surface area contributed by atoms with Crippen molar-refractivity contribution < 1.29 is 4.74 Å². The van der Waals surface area contributed by atoms with Crippen LogP contribution >= 0.6 is 0 Å². The number of anilines is 2. The average molecular weight is 385 g/mol. The van der Waals surface area contributed by atoms with E-state index in [0.29, 0.717) is 17.5 Å². The van der Waals surface area contributed by atoms with Gasteiger partial charge in [-0.15, -0.1) is 0 Å². The molecule has 8 nitrogen and oxygen atoms in total. The number of ether oxygens (including phenoxy) is 1. The summed E-state index contributed by atoms with van der Waals surface area (Å²) in [7, 11) is 3.55. The number of nitrogens with zero attached hydrogens (tertiary/aromatic N) is 5. The molecule has 5 rings (SSSR count). The molecule has 0 saturated heterocycles. The molecule has 0 amide bonds. The summed E-state index contributed by atoms with van der Waals surface area (Å²) in [6, 6.07) is 7.93. The summed E-state index contributed by atoms with van der Waals surface area (Å²) in [5, 5.41) is 9.58. The Morgan fingerprint density at radius 1 is 1.10 bits per heavy atom. The van der Waals surface area contributed by atoms with Gasteiger partial charge in [0.15, 0.2) is 0 Å². The number of fused-ring (bicyclic) bond motifs is 2. The lowest BCUT2D eigenvalue weighted by atomic mass is 10.1. The number of H-pyrrole nitrogens is 1. The van der Waals surface area contributed by atoms with Gasteiger partial charge in [0.05, 0.1) is 24.2 Å². The van der Waals surface area contributed by atoms with Gasteiger partial charge in [-0.05, 0) is 42.3 Å². The fourth-order valence-corrected chi connectivity index (χ4v) is 3.58. The zero-order valence-corrected chi connectivity index (χ0v) is 16.3. The van der Waals surface area contributed by atoms with Crippen molar-refractivity contribution in [3.05, 3.63) is 54.6 Å². The summed E-state index contributed by atoms with van der Waals surface area (Å²) in [5.74, 6) is 0.967. The third-order valence-electron chi connectivity index (χ3n) is 5.13. The molecule has 0 aliphatic rings. The SMILES string of the molecule is COc1nc(Nc2ccc3c(cnn3C)c2C)nc2[nH]cc(-c3ccncc3)c12. The van der Waals surface area contributed by atoms with Crippen molar-refractivity contribution in [1.82, 2.24) is 29.7 Å². The molecule has 0 atom stereocenters. The molecule has 0 bridgehead atoms. The van der Waals surface area contributed by atoms with Gasteiger partial charge in [0.1, 0.15) is 5.65 Å². The lowest BCUT2D eigenvalue weighted by Crippen LogP contribution is -2.01. The van der Waals surface area contributed by atoms with Crippen LogP contribution in [0.25, 0.3) is 33.1 Å². The smallest absolute Gasteiger partial charge is 0.232 e. The minimum Gasteiger partial charge on any atom is -0.480 e. The topological polar surface area (TPSA) is 93.5 Å². The Bertz CT molecular complexity index is 1340. The third kappa shape index (κ3) is 2.77. The Morgan fingerprint density at radius 3 is 2.72 bits per heavy atom. The number of aromatic nitrogens is 6. The predicted molar refractivity (Wildman–Crippen MR) is 112 cm³/mol. The van der Waals surface area contributed by atoms with E-state index in [9.17, 15) is 0 Å². The fourth-order valence-electron chi connectivity index (χ4n) is 3.58. The predicted octanol–water partition coefficient (Wildman–Crippen LogP) is 3.97. The molecule has 4 heterocycles. The van der Waals surface area contributed by atoms with Crippen LogP contribution in [0.2, 0.25) is 0 Å². The second-order valence-electron chi connectivity index (χ2n) is 6.78. The van der Waals surface area contributed by atoms with Gasteiger partial charge >= 0.3 is 0 Å². The summed E-state index contributed by atoms with van der Waals surface area (Å²) >= 11 is 0. The minimum atomic E-state index is 0.462. The van der Waals surface area contributed by atoms with Crippen molar-refractivity contribution in [3.8, 4) is 17.0 Å². The first-order valence-corrected chi connectivity index (χ1v) is 9.17. The molecule has 0 fully saturated rings. The molecule has 1 aromatic carbocycles. The van der Waals surface area contributed by atoms with Crippen molar-refractivity contribution in [2.24, 2.45) is 7.05 Å². The van der Waals surface area contributed by atoms with Crippen LogP contribution in [0.4, 0.5) is 11.6 Å². The van der Waals surface area contributed by atoms with Gasteiger partial charge in [-0.25, -0.2) is 0 Å². The quantitative estimate of drug-likeness (QED) is 0.486. The highest BCUT2D eigenvalue weighted by Gasteiger charge is 2.16. The lowest BCUT2D eigenvalue weighted by molar-refractivity contribution is 0.403. The van der Waals surface area contributed by atoms with E-state index in [0.717, 1.165) is 38.7 Å². The maximum Gasteiger partial charge on any atom is 0.232 e. The minimum absolute atomic E-state index is 0.462. The Balaban J connectivity index is 1.59. The van der Waals surface area contributed by atoms with Gasteiger partial charge in [0.25, 0.3) is 0 Å².